The maximum atomic E-state index is 11.4. The van der Waals surface area contributed by atoms with Gasteiger partial charge in [-0.3, -0.25) is 4.79 Å². The normalized spacial score (nSPS) is 14.2. The molecule has 4 nitrogen and oxygen atoms in total. The van der Waals surface area contributed by atoms with Gasteiger partial charge in [0.25, 0.3) is 0 Å². The van der Waals surface area contributed by atoms with Crippen LogP contribution in [0.25, 0.3) is 0 Å². The molecule has 0 saturated heterocycles. The highest BCUT2D eigenvalue weighted by Crippen LogP contribution is 2.08. The minimum Gasteiger partial charge on any atom is -0.391 e. The van der Waals surface area contributed by atoms with Crippen LogP contribution in [0.5, 0.6) is 0 Å². The molecule has 0 saturated carbocycles. The zero-order valence-electron chi connectivity index (χ0n) is 9.79. The second-order valence-corrected chi connectivity index (χ2v) is 4.50. The predicted octanol–water partition coefficient (Wildman–Crippen LogP) is 0.214. The maximum Gasteiger partial charge on any atom is 0.221 e. The molecule has 0 spiro atoms. The van der Waals surface area contributed by atoms with Gasteiger partial charge in [0.1, 0.15) is 0 Å². The van der Waals surface area contributed by atoms with E-state index in [1.165, 1.54) is 0 Å². The van der Waals surface area contributed by atoms with Crippen molar-refractivity contribution >= 4 is 5.91 Å². The van der Waals surface area contributed by atoms with E-state index in [2.05, 4.69) is 5.32 Å². The highest BCUT2D eigenvalue weighted by Gasteiger charge is 2.25. The summed E-state index contributed by atoms with van der Waals surface area (Å²) >= 11 is 0. The molecule has 0 aromatic heterocycles. The number of hydrogen-bond acceptors (Lipinski definition) is 3. The SMILES string of the molecule is CC(O)C(C)(C)NC(=O)CCN(C)C. The van der Waals surface area contributed by atoms with Gasteiger partial charge in [-0.15, -0.1) is 0 Å². The van der Waals surface area contributed by atoms with E-state index in [9.17, 15) is 9.90 Å². The van der Waals surface area contributed by atoms with Crippen molar-refractivity contribution in [1.82, 2.24) is 10.2 Å². The zero-order chi connectivity index (χ0) is 11.4. The Morgan fingerprint density at radius 1 is 1.50 bits per heavy atom. The fraction of sp³-hybridized carbons (Fsp3) is 0.900. The van der Waals surface area contributed by atoms with E-state index >= 15 is 0 Å². The summed E-state index contributed by atoms with van der Waals surface area (Å²) in [7, 11) is 3.85. The number of aliphatic hydroxyl groups excluding tert-OH is 1. The first-order chi connectivity index (χ1) is 6.25. The first-order valence-corrected chi connectivity index (χ1v) is 4.89. The molecule has 0 rings (SSSR count). The lowest BCUT2D eigenvalue weighted by atomic mass is 9.98. The van der Waals surface area contributed by atoms with Crippen LogP contribution in [0, 0.1) is 0 Å². The smallest absolute Gasteiger partial charge is 0.221 e. The van der Waals surface area contributed by atoms with E-state index in [-0.39, 0.29) is 5.91 Å². The fourth-order valence-corrected chi connectivity index (χ4v) is 0.851. The van der Waals surface area contributed by atoms with Crippen LogP contribution in [0.2, 0.25) is 0 Å². The van der Waals surface area contributed by atoms with Crippen LogP contribution in [-0.4, -0.2) is 48.2 Å². The molecular weight excluding hydrogens is 180 g/mol. The summed E-state index contributed by atoms with van der Waals surface area (Å²) in [4.78, 5) is 13.4. The van der Waals surface area contributed by atoms with Crippen molar-refractivity contribution in [3.05, 3.63) is 0 Å². The highest BCUT2D eigenvalue weighted by molar-refractivity contribution is 5.76. The molecule has 84 valence electrons. The molecule has 0 heterocycles. The number of rotatable bonds is 5. The predicted molar refractivity (Wildman–Crippen MR) is 57.1 cm³/mol. The quantitative estimate of drug-likeness (QED) is 0.670. The van der Waals surface area contributed by atoms with Crippen molar-refractivity contribution in [3.63, 3.8) is 0 Å². The Morgan fingerprint density at radius 2 is 2.00 bits per heavy atom. The molecule has 0 radical (unpaired) electrons. The van der Waals surface area contributed by atoms with Crippen LogP contribution in [0.1, 0.15) is 27.2 Å². The largest absolute Gasteiger partial charge is 0.391 e. The summed E-state index contributed by atoms with van der Waals surface area (Å²) in [5.74, 6) is -0.0235. The van der Waals surface area contributed by atoms with Crippen molar-refractivity contribution < 1.29 is 9.90 Å². The molecule has 0 aliphatic rings. The molecule has 0 aliphatic carbocycles. The number of carbonyl (C=O) groups excluding carboxylic acids is 1. The third-order valence-corrected chi connectivity index (χ3v) is 2.29. The first-order valence-electron chi connectivity index (χ1n) is 4.89. The topological polar surface area (TPSA) is 52.6 Å². The van der Waals surface area contributed by atoms with Crippen LogP contribution < -0.4 is 5.32 Å². The Balaban J connectivity index is 3.94. The average molecular weight is 202 g/mol. The lowest BCUT2D eigenvalue weighted by molar-refractivity contribution is -0.124. The summed E-state index contributed by atoms with van der Waals surface area (Å²) in [6.07, 6.45) is -0.0887. The van der Waals surface area contributed by atoms with Crippen LogP contribution in [-0.2, 0) is 4.79 Å². The summed E-state index contributed by atoms with van der Waals surface area (Å²) in [5, 5.41) is 12.2. The minimum absolute atomic E-state index is 0.0235. The van der Waals surface area contributed by atoms with E-state index < -0.39 is 11.6 Å². The summed E-state index contributed by atoms with van der Waals surface area (Å²) in [6.45, 7) is 6.02. The Labute approximate surface area is 86.3 Å². The van der Waals surface area contributed by atoms with Gasteiger partial charge >= 0.3 is 0 Å². The van der Waals surface area contributed by atoms with Crippen molar-refractivity contribution in [2.24, 2.45) is 0 Å². The van der Waals surface area contributed by atoms with Crippen molar-refractivity contribution in [2.45, 2.75) is 38.8 Å². The maximum absolute atomic E-state index is 11.4. The molecule has 1 atom stereocenters. The molecule has 0 aliphatic heterocycles. The van der Waals surface area contributed by atoms with Gasteiger partial charge in [0.2, 0.25) is 5.91 Å². The van der Waals surface area contributed by atoms with Crippen molar-refractivity contribution in [1.29, 1.82) is 0 Å². The lowest BCUT2D eigenvalue weighted by Gasteiger charge is -2.29. The number of carbonyl (C=O) groups is 1. The zero-order valence-corrected chi connectivity index (χ0v) is 9.79. The lowest BCUT2D eigenvalue weighted by Crippen LogP contribution is -2.51. The molecule has 2 N–H and O–H groups in total. The average Bonchev–Trinajstić information content (AvgIpc) is 1.99. The van der Waals surface area contributed by atoms with Gasteiger partial charge in [-0.25, -0.2) is 0 Å². The minimum atomic E-state index is -0.552. The second-order valence-electron chi connectivity index (χ2n) is 4.50. The summed E-state index contributed by atoms with van der Waals surface area (Å²) in [5.41, 5.74) is -0.552. The van der Waals surface area contributed by atoms with Gasteiger partial charge in [0.15, 0.2) is 0 Å². The molecule has 0 fully saturated rings. The van der Waals surface area contributed by atoms with Gasteiger partial charge in [-0.2, -0.15) is 0 Å². The number of aliphatic hydroxyl groups is 1. The van der Waals surface area contributed by atoms with Crippen molar-refractivity contribution in [2.75, 3.05) is 20.6 Å². The third-order valence-electron chi connectivity index (χ3n) is 2.29. The number of amides is 1. The van der Waals surface area contributed by atoms with Crippen LogP contribution in [0.3, 0.4) is 0 Å². The van der Waals surface area contributed by atoms with Gasteiger partial charge in [-0.05, 0) is 34.9 Å². The molecule has 1 unspecified atom stereocenters. The molecule has 1 amide bonds. The van der Waals surface area contributed by atoms with E-state index in [0.29, 0.717) is 6.42 Å². The van der Waals surface area contributed by atoms with Crippen LogP contribution in [0.15, 0.2) is 0 Å². The van der Waals surface area contributed by atoms with Gasteiger partial charge in [0, 0.05) is 13.0 Å². The Bertz CT molecular complexity index is 189. The van der Waals surface area contributed by atoms with E-state index in [1.807, 2.05) is 32.8 Å². The van der Waals surface area contributed by atoms with Crippen LogP contribution >= 0.6 is 0 Å². The molecule has 0 aromatic rings. The standard InChI is InChI=1S/C10H22N2O2/c1-8(13)10(2,3)11-9(14)6-7-12(4)5/h8,13H,6-7H2,1-5H3,(H,11,14). The van der Waals surface area contributed by atoms with Crippen LogP contribution in [0.4, 0.5) is 0 Å². The number of nitrogens with zero attached hydrogens (tertiary/aromatic N) is 1. The summed E-state index contributed by atoms with van der Waals surface area (Å²) in [6, 6.07) is 0. The molecular formula is C10H22N2O2. The van der Waals surface area contributed by atoms with Gasteiger partial charge in [0.05, 0.1) is 11.6 Å². The first kappa shape index (κ1) is 13.4. The second kappa shape index (κ2) is 5.32. The summed E-state index contributed by atoms with van der Waals surface area (Å²) < 4.78 is 0. The number of hydrogen-bond donors (Lipinski definition) is 2. The van der Waals surface area contributed by atoms with Gasteiger partial charge in [-0.1, -0.05) is 0 Å². The third kappa shape index (κ3) is 5.19. The van der Waals surface area contributed by atoms with Gasteiger partial charge < -0.3 is 15.3 Å². The Hall–Kier alpha value is -0.610. The molecule has 0 aromatic carbocycles. The van der Waals surface area contributed by atoms with Crippen molar-refractivity contribution in [3.8, 4) is 0 Å². The van der Waals surface area contributed by atoms with E-state index in [4.69, 9.17) is 0 Å². The Morgan fingerprint density at radius 3 is 2.36 bits per heavy atom. The highest BCUT2D eigenvalue weighted by atomic mass is 16.3. The molecule has 14 heavy (non-hydrogen) atoms. The monoisotopic (exact) mass is 202 g/mol. The van der Waals surface area contributed by atoms with E-state index in [1.54, 1.807) is 6.92 Å². The Kier molecular flexibility index (Phi) is 5.08. The molecule has 0 bridgehead atoms. The number of nitrogens with one attached hydrogen (secondary N) is 1. The van der Waals surface area contributed by atoms with E-state index in [0.717, 1.165) is 6.54 Å². The fourth-order valence-electron chi connectivity index (χ4n) is 0.851. The molecule has 4 heteroatoms.